The monoisotopic (exact) mass is 243 g/mol. The van der Waals surface area contributed by atoms with Gasteiger partial charge in [-0.1, -0.05) is 0 Å². The first-order valence-electron chi connectivity index (χ1n) is 5.29. The van der Waals surface area contributed by atoms with Crippen molar-refractivity contribution in [2.24, 2.45) is 5.73 Å². The van der Waals surface area contributed by atoms with Crippen LogP contribution in [-0.2, 0) is 5.75 Å². The first kappa shape index (κ1) is 13.3. The Balaban J connectivity index is 2.48. The van der Waals surface area contributed by atoms with Gasteiger partial charge in [0.25, 0.3) is 0 Å². The largest absolute Gasteiger partial charge is 0.496 e. The van der Waals surface area contributed by atoms with E-state index < -0.39 is 0 Å². The van der Waals surface area contributed by atoms with Gasteiger partial charge in [0.05, 0.1) is 7.11 Å². The van der Waals surface area contributed by atoms with Crippen LogP contribution in [-0.4, -0.2) is 18.9 Å². The van der Waals surface area contributed by atoms with Crippen molar-refractivity contribution >= 4 is 11.8 Å². The van der Waals surface area contributed by atoms with Crippen LogP contribution in [0, 0.1) is 5.82 Å². The molecule has 0 aromatic heterocycles. The molecule has 0 heterocycles. The highest BCUT2D eigenvalue weighted by Crippen LogP contribution is 2.24. The van der Waals surface area contributed by atoms with Gasteiger partial charge in [-0.15, -0.1) is 0 Å². The molecule has 2 N–H and O–H groups in total. The highest BCUT2D eigenvalue weighted by molar-refractivity contribution is 7.98. The van der Waals surface area contributed by atoms with Gasteiger partial charge in [0.1, 0.15) is 11.6 Å². The number of methoxy groups -OCH3 is 1. The molecule has 1 rings (SSSR count). The summed E-state index contributed by atoms with van der Waals surface area (Å²) in [5, 5.41) is 0. The van der Waals surface area contributed by atoms with E-state index in [1.165, 1.54) is 12.1 Å². The third kappa shape index (κ3) is 4.41. The summed E-state index contributed by atoms with van der Waals surface area (Å²) in [4.78, 5) is 0. The summed E-state index contributed by atoms with van der Waals surface area (Å²) in [5.41, 5.74) is 6.55. The third-order valence-corrected chi connectivity index (χ3v) is 3.26. The molecule has 0 saturated heterocycles. The fourth-order valence-corrected chi connectivity index (χ4v) is 2.44. The fourth-order valence-electron chi connectivity index (χ4n) is 1.31. The molecule has 1 aromatic carbocycles. The number of benzene rings is 1. The van der Waals surface area contributed by atoms with Gasteiger partial charge < -0.3 is 10.5 Å². The van der Waals surface area contributed by atoms with Crippen LogP contribution in [0.15, 0.2) is 18.2 Å². The summed E-state index contributed by atoms with van der Waals surface area (Å²) in [6, 6.07) is 4.82. The van der Waals surface area contributed by atoms with Gasteiger partial charge in [0.15, 0.2) is 0 Å². The molecule has 0 bridgehead atoms. The van der Waals surface area contributed by atoms with E-state index in [0.717, 1.165) is 29.2 Å². The van der Waals surface area contributed by atoms with Crippen molar-refractivity contribution in [3.8, 4) is 5.75 Å². The van der Waals surface area contributed by atoms with Crippen LogP contribution < -0.4 is 10.5 Å². The Labute approximate surface area is 100 Å². The molecule has 0 aliphatic heterocycles. The van der Waals surface area contributed by atoms with Crippen molar-refractivity contribution in [1.29, 1.82) is 0 Å². The summed E-state index contributed by atoms with van der Waals surface area (Å²) < 4.78 is 18.2. The number of thioether (sulfide) groups is 1. The second-order valence-electron chi connectivity index (χ2n) is 3.77. The highest BCUT2D eigenvalue weighted by Gasteiger charge is 2.04. The Morgan fingerprint density at radius 1 is 1.50 bits per heavy atom. The van der Waals surface area contributed by atoms with Gasteiger partial charge in [-0.25, -0.2) is 4.39 Å². The minimum absolute atomic E-state index is 0.219. The predicted octanol–water partition coefficient (Wildman–Crippen LogP) is 2.80. The predicted molar refractivity (Wildman–Crippen MR) is 67.4 cm³/mol. The summed E-state index contributed by atoms with van der Waals surface area (Å²) in [5.74, 6) is 2.27. The molecule has 0 radical (unpaired) electrons. The maximum atomic E-state index is 13.0. The second-order valence-corrected chi connectivity index (χ2v) is 4.88. The molecule has 1 unspecified atom stereocenters. The van der Waals surface area contributed by atoms with Gasteiger partial charge in [-0.3, -0.25) is 0 Å². The van der Waals surface area contributed by atoms with Crippen LogP contribution in [0.25, 0.3) is 0 Å². The summed E-state index contributed by atoms with van der Waals surface area (Å²) in [6.07, 6.45) is 0.975. The number of hydrogen-bond donors (Lipinski definition) is 1. The molecule has 0 saturated carbocycles. The molecule has 0 aliphatic rings. The normalized spacial score (nSPS) is 12.5. The number of rotatable bonds is 6. The zero-order valence-electron chi connectivity index (χ0n) is 9.70. The van der Waals surface area contributed by atoms with E-state index in [-0.39, 0.29) is 11.9 Å². The number of hydrogen-bond acceptors (Lipinski definition) is 3. The number of ether oxygens (including phenoxy) is 1. The summed E-state index contributed by atoms with van der Waals surface area (Å²) in [6.45, 7) is 1.99. The van der Waals surface area contributed by atoms with E-state index in [1.807, 2.05) is 6.92 Å². The molecule has 1 atom stereocenters. The molecule has 0 fully saturated rings. The second kappa shape index (κ2) is 6.76. The lowest BCUT2D eigenvalue weighted by Gasteiger charge is -2.09. The lowest BCUT2D eigenvalue weighted by Crippen LogP contribution is -2.15. The van der Waals surface area contributed by atoms with Crippen LogP contribution in [0.4, 0.5) is 4.39 Å². The molecular weight excluding hydrogens is 225 g/mol. The van der Waals surface area contributed by atoms with Crippen LogP contribution in [0.1, 0.15) is 18.9 Å². The van der Waals surface area contributed by atoms with Crippen molar-refractivity contribution in [3.05, 3.63) is 29.6 Å². The minimum atomic E-state index is -0.219. The number of nitrogens with two attached hydrogens (primary N) is 1. The summed E-state index contributed by atoms with van der Waals surface area (Å²) >= 11 is 1.75. The van der Waals surface area contributed by atoms with Gasteiger partial charge in [-0.2, -0.15) is 11.8 Å². The van der Waals surface area contributed by atoms with E-state index in [0.29, 0.717) is 0 Å². The molecule has 0 aliphatic carbocycles. The fraction of sp³-hybridized carbons (Fsp3) is 0.500. The van der Waals surface area contributed by atoms with Crippen LogP contribution >= 0.6 is 11.8 Å². The summed E-state index contributed by atoms with van der Waals surface area (Å²) in [7, 11) is 1.60. The van der Waals surface area contributed by atoms with Crippen LogP contribution in [0.5, 0.6) is 5.75 Å². The molecule has 2 nitrogen and oxygen atoms in total. The Kier molecular flexibility index (Phi) is 5.63. The minimum Gasteiger partial charge on any atom is -0.496 e. The van der Waals surface area contributed by atoms with E-state index in [9.17, 15) is 4.39 Å². The van der Waals surface area contributed by atoms with Crippen LogP contribution in [0.3, 0.4) is 0 Å². The lowest BCUT2D eigenvalue weighted by molar-refractivity contribution is 0.410. The molecule has 90 valence electrons. The first-order valence-corrected chi connectivity index (χ1v) is 6.44. The SMILES string of the molecule is COc1ccc(F)cc1CSCCC(C)N. The third-order valence-electron chi connectivity index (χ3n) is 2.22. The molecule has 0 amide bonds. The van der Waals surface area contributed by atoms with E-state index in [2.05, 4.69) is 0 Å². The maximum absolute atomic E-state index is 13.0. The van der Waals surface area contributed by atoms with Gasteiger partial charge in [-0.05, 0) is 37.3 Å². The zero-order valence-corrected chi connectivity index (χ0v) is 10.5. The lowest BCUT2D eigenvalue weighted by atomic mass is 10.2. The van der Waals surface area contributed by atoms with Crippen molar-refractivity contribution in [2.45, 2.75) is 25.1 Å². The van der Waals surface area contributed by atoms with Crippen molar-refractivity contribution < 1.29 is 9.13 Å². The number of halogens is 1. The first-order chi connectivity index (χ1) is 7.63. The molecule has 0 spiro atoms. The Bertz CT molecular complexity index is 331. The Hall–Kier alpha value is -0.740. The van der Waals surface area contributed by atoms with Crippen molar-refractivity contribution in [3.63, 3.8) is 0 Å². The Morgan fingerprint density at radius 3 is 2.88 bits per heavy atom. The Morgan fingerprint density at radius 2 is 2.25 bits per heavy atom. The molecule has 4 heteroatoms. The van der Waals surface area contributed by atoms with Crippen molar-refractivity contribution in [2.75, 3.05) is 12.9 Å². The van der Waals surface area contributed by atoms with Gasteiger partial charge >= 0.3 is 0 Å². The van der Waals surface area contributed by atoms with E-state index in [4.69, 9.17) is 10.5 Å². The van der Waals surface area contributed by atoms with E-state index in [1.54, 1.807) is 24.9 Å². The highest BCUT2D eigenvalue weighted by atomic mass is 32.2. The topological polar surface area (TPSA) is 35.2 Å². The average Bonchev–Trinajstić information content (AvgIpc) is 2.24. The van der Waals surface area contributed by atoms with Gasteiger partial charge in [0.2, 0.25) is 0 Å². The van der Waals surface area contributed by atoms with E-state index >= 15 is 0 Å². The standard InChI is InChI=1S/C12H18FNOS/c1-9(14)5-6-16-8-10-7-11(13)3-4-12(10)15-2/h3-4,7,9H,5-6,8,14H2,1-2H3. The smallest absolute Gasteiger partial charge is 0.123 e. The molecule has 16 heavy (non-hydrogen) atoms. The molecular formula is C12H18FNOS. The molecule has 1 aromatic rings. The zero-order chi connectivity index (χ0) is 12.0. The average molecular weight is 243 g/mol. The van der Waals surface area contributed by atoms with Gasteiger partial charge in [0, 0.05) is 17.4 Å². The quantitative estimate of drug-likeness (QED) is 0.780. The van der Waals surface area contributed by atoms with Crippen molar-refractivity contribution in [1.82, 2.24) is 0 Å². The maximum Gasteiger partial charge on any atom is 0.123 e. The van der Waals surface area contributed by atoms with Crippen LogP contribution in [0.2, 0.25) is 0 Å².